The first kappa shape index (κ1) is 87.5. The molecule has 13 fully saturated rings. The monoisotopic (exact) mass is 1470 g/mol. The lowest BCUT2D eigenvalue weighted by molar-refractivity contribution is -0.207. The molecule has 4 amide bonds. The zero-order chi connectivity index (χ0) is 76.4. The summed E-state index contributed by atoms with van der Waals surface area (Å²) < 4.78 is 63.2. The fraction of sp³-hybridized carbons (Fsp3) is 0.947. The summed E-state index contributed by atoms with van der Waals surface area (Å²) in [6.45, 7) is 80.4. The van der Waals surface area contributed by atoms with E-state index in [1.54, 1.807) is 4.90 Å². The largest absolute Gasteiger partial charge is 0.453 e. The van der Waals surface area contributed by atoms with Crippen molar-refractivity contribution in [2.24, 2.45) is 5.41 Å². The number of hydrogen-bond donors (Lipinski definition) is 0. The average molecular weight is 1470 g/mol. The maximum atomic E-state index is 11.3. The van der Waals surface area contributed by atoms with Gasteiger partial charge in [0.25, 0.3) is 0 Å². The van der Waals surface area contributed by atoms with Crippen LogP contribution in [0.25, 0.3) is 0 Å². The molecule has 13 aliphatic rings. The molecule has 0 N–H and O–H groups in total. The number of morpholine rings is 1. The number of hydrogen-bond acceptors (Lipinski definition) is 22. The van der Waals surface area contributed by atoms with Crippen LogP contribution >= 0.6 is 0 Å². The molecule has 13 aliphatic heterocycles. The van der Waals surface area contributed by atoms with Gasteiger partial charge in [-0.25, -0.2) is 27.6 Å². The van der Waals surface area contributed by atoms with Gasteiger partial charge in [-0.1, -0.05) is 0 Å². The van der Waals surface area contributed by atoms with Gasteiger partial charge in [-0.15, -0.1) is 0 Å². The lowest BCUT2D eigenvalue weighted by Gasteiger charge is -2.59. The highest BCUT2D eigenvalue weighted by Gasteiger charge is 2.52. The van der Waals surface area contributed by atoms with Crippen LogP contribution in [0.5, 0.6) is 0 Å². The minimum absolute atomic E-state index is 0.107. The molecule has 3 atom stereocenters. The Balaban J connectivity index is 0.000000184. The third kappa shape index (κ3) is 26.7. The minimum Gasteiger partial charge on any atom is -0.453 e. The second kappa shape index (κ2) is 35.7. The molecule has 27 heteroatoms. The predicted molar refractivity (Wildman–Crippen MR) is 402 cm³/mol. The number of amides is 4. The molecule has 13 saturated heterocycles. The molecule has 0 bridgehead atoms. The Morgan fingerprint density at radius 2 is 0.725 bits per heavy atom. The summed E-state index contributed by atoms with van der Waals surface area (Å²) >= 11 is 0. The van der Waals surface area contributed by atoms with E-state index in [4.69, 9.17) is 33.2 Å². The number of carbonyl (C=O) groups is 4. The van der Waals surface area contributed by atoms with Crippen LogP contribution in [-0.2, 0) is 47.7 Å². The normalized spacial score (nSPS) is 26.5. The Bertz CT molecular complexity index is 2590. The standard InChI is InChI=1S/C11H22N2O.3C10H18N2O2.C9H17NO3.C9H17NO.C8H17NO2S.C8H17NO/c1-11(2,3)13-6-4-12(5-7-13)10-8-14-9-10;3*1-10(2,3)11-4-5-12-8(6-11)7-14-9(12)13;1-9(2,3)13-7-5-10(6-7)8(11)12-4;1-8(2,3)10-4-9(5-10)6-11-7-9;1-8(2,3)9-4-6-12(10,11)7-5-9;1-8(2,3)9-4-6-10-7-5-9/h10H,4-9H2,1-3H3;3*8H,4-7H2,1-3H3;7H,5-6H2,1-4H3;4-7H2,1-3H3;4-7H2,1-3H3;4-7H2,1-3H3/t;2*8-;;;;;/m.10...../s1. The van der Waals surface area contributed by atoms with E-state index in [1.807, 2.05) is 35.5 Å². The van der Waals surface area contributed by atoms with E-state index in [0.717, 1.165) is 118 Å². The van der Waals surface area contributed by atoms with E-state index >= 15 is 0 Å². The molecular formula is C75H144N12O14S. The lowest BCUT2D eigenvalue weighted by Crippen LogP contribution is -2.69. The van der Waals surface area contributed by atoms with Gasteiger partial charge in [0.15, 0.2) is 9.84 Å². The first-order valence-electron chi connectivity index (χ1n) is 38.1. The lowest BCUT2D eigenvalue weighted by atomic mass is 9.75. The molecular weight excluding hydrogens is 1320 g/mol. The number of cyclic esters (lactones) is 3. The molecule has 1 spiro atoms. The quantitative estimate of drug-likeness (QED) is 0.244. The van der Waals surface area contributed by atoms with E-state index in [0.29, 0.717) is 79.5 Å². The van der Waals surface area contributed by atoms with Crippen molar-refractivity contribution in [2.45, 2.75) is 241 Å². The Kier molecular flexibility index (Phi) is 30.6. The SMILES string of the molecule is CC(C)(C)N1CC2(COC2)C1.CC(C)(C)N1CCN(C2COC2)CC1.CC(C)(C)N1CCN2C(=O)OCC2C1.CC(C)(C)N1CCN2C(=O)OC[C@@H]2C1.CC(C)(C)N1CCN2C(=O)OC[C@H]2C1.CC(C)(C)N1CCOCC1.CC(C)(C)N1CCS(=O)(=O)CC1.COC(=O)N1CC(OC(C)(C)C)C1. The van der Waals surface area contributed by atoms with Gasteiger partial charge in [-0.3, -0.25) is 53.9 Å². The number of methoxy groups -OCH3 is 1. The van der Waals surface area contributed by atoms with Crippen LogP contribution in [0.1, 0.15) is 166 Å². The maximum Gasteiger partial charge on any atom is 0.410 e. The van der Waals surface area contributed by atoms with Crippen molar-refractivity contribution in [2.75, 3.05) is 216 Å². The van der Waals surface area contributed by atoms with E-state index in [1.165, 1.54) is 46.4 Å². The maximum absolute atomic E-state index is 11.3. The van der Waals surface area contributed by atoms with Crippen molar-refractivity contribution in [3.05, 3.63) is 0 Å². The Hall–Kier alpha value is -3.45. The molecule has 13 heterocycles. The number of rotatable bonds is 2. The van der Waals surface area contributed by atoms with Crippen LogP contribution < -0.4 is 0 Å². The number of ether oxygens (including phenoxy) is 8. The van der Waals surface area contributed by atoms with Crippen molar-refractivity contribution >= 4 is 34.2 Å². The number of piperazine rings is 4. The van der Waals surface area contributed by atoms with Crippen LogP contribution in [0.15, 0.2) is 0 Å². The molecule has 594 valence electrons. The highest BCUT2D eigenvalue weighted by molar-refractivity contribution is 7.91. The Labute approximate surface area is 617 Å². The van der Waals surface area contributed by atoms with Gasteiger partial charge >= 0.3 is 24.4 Å². The van der Waals surface area contributed by atoms with Gasteiger partial charge in [0.1, 0.15) is 19.8 Å². The van der Waals surface area contributed by atoms with Crippen molar-refractivity contribution in [1.82, 2.24) is 58.8 Å². The molecule has 0 aliphatic carbocycles. The second-order valence-corrected chi connectivity index (χ2v) is 40.1. The van der Waals surface area contributed by atoms with Gasteiger partial charge in [0, 0.05) is 169 Å². The number of sulfone groups is 1. The molecule has 0 aromatic heterocycles. The van der Waals surface area contributed by atoms with Crippen LogP contribution in [-0.4, -0.2) is 382 Å². The molecule has 0 aromatic rings. The summed E-state index contributed by atoms with van der Waals surface area (Å²) in [6, 6.07) is 1.54. The molecule has 102 heavy (non-hydrogen) atoms. The number of fused-ring (bicyclic) bond motifs is 3. The molecule has 26 nitrogen and oxygen atoms in total. The fourth-order valence-corrected chi connectivity index (χ4v) is 15.4. The molecule has 0 aromatic carbocycles. The van der Waals surface area contributed by atoms with E-state index in [2.05, 4.69) is 189 Å². The summed E-state index contributed by atoms with van der Waals surface area (Å²) in [5.74, 6) is 0.647. The summed E-state index contributed by atoms with van der Waals surface area (Å²) in [5, 5.41) is 0. The van der Waals surface area contributed by atoms with Crippen LogP contribution in [0.2, 0.25) is 0 Å². The van der Waals surface area contributed by atoms with Gasteiger partial charge in [0.2, 0.25) is 0 Å². The zero-order valence-electron chi connectivity index (χ0n) is 68.5. The van der Waals surface area contributed by atoms with Crippen LogP contribution in [0, 0.1) is 5.41 Å². The summed E-state index contributed by atoms with van der Waals surface area (Å²) in [7, 11) is -1.33. The van der Waals surface area contributed by atoms with Crippen LogP contribution in [0.4, 0.5) is 19.2 Å². The molecule has 13 rings (SSSR count). The number of carbonyl (C=O) groups excluding carboxylic acids is 4. The van der Waals surface area contributed by atoms with Gasteiger partial charge < -0.3 is 42.8 Å². The van der Waals surface area contributed by atoms with Crippen molar-refractivity contribution in [1.29, 1.82) is 0 Å². The third-order valence-electron chi connectivity index (χ3n) is 21.5. The van der Waals surface area contributed by atoms with Gasteiger partial charge in [0.05, 0.1) is 107 Å². The van der Waals surface area contributed by atoms with Crippen molar-refractivity contribution < 1.29 is 65.5 Å². The highest BCUT2D eigenvalue weighted by atomic mass is 32.2. The Morgan fingerprint density at radius 1 is 0.392 bits per heavy atom. The minimum atomic E-state index is -2.72. The topological polar surface area (TPSA) is 215 Å². The van der Waals surface area contributed by atoms with E-state index < -0.39 is 9.84 Å². The Morgan fingerprint density at radius 3 is 1.01 bits per heavy atom. The third-order valence-corrected chi connectivity index (χ3v) is 23.1. The summed E-state index contributed by atoms with van der Waals surface area (Å²) in [5.41, 5.74) is 2.15. The van der Waals surface area contributed by atoms with Gasteiger partial charge in [-0.05, 0) is 166 Å². The smallest absolute Gasteiger partial charge is 0.410 e. The fourth-order valence-electron chi connectivity index (χ4n) is 14.2. The zero-order valence-corrected chi connectivity index (χ0v) is 69.3. The summed E-state index contributed by atoms with van der Waals surface area (Å²) in [6.07, 6.45) is -0.511. The number of likely N-dealkylation sites (tertiary alicyclic amines) is 2. The average Bonchev–Trinajstić information content (AvgIpc) is 1.01. The molecule has 0 saturated carbocycles. The van der Waals surface area contributed by atoms with Crippen molar-refractivity contribution in [3.63, 3.8) is 0 Å². The summed E-state index contributed by atoms with van der Waals surface area (Å²) in [4.78, 5) is 71.5. The van der Waals surface area contributed by atoms with E-state index in [9.17, 15) is 27.6 Å². The van der Waals surface area contributed by atoms with E-state index in [-0.39, 0.29) is 76.4 Å². The number of nitrogens with zero attached hydrogens (tertiary/aromatic N) is 12. The van der Waals surface area contributed by atoms with Crippen LogP contribution in [0.3, 0.4) is 0 Å². The van der Waals surface area contributed by atoms with Crippen molar-refractivity contribution in [3.8, 4) is 0 Å². The highest BCUT2D eigenvalue weighted by Crippen LogP contribution is 2.41. The first-order valence-corrected chi connectivity index (χ1v) is 39.9. The second-order valence-electron chi connectivity index (χ2n) is 37.8. The molecule has 1 unspecified atom stereocenters. The predicted octanol–water partition coefficient (Wildman–Crippen LogP) is 7.57. The first-order chi connectivity index (χ1) is 46.9. The molecule has 0 radical (unpaired) electrons. The van der Waals surface area contributed by atoms with Gasteiger partial charge in [-0.2, -0.15) is 0 Å².